The lowest BCUT2D eigenvalue weighted by Crippen LogP contribution is -2.73. The van der Waals surface area contributed by atoms with Crippen molar-refractivity contribution < 1.29 is 18.8 Å². The number of benzene rings is 3. The topological polar surface area (TPSA) is 47.6 Å². The molecule has 3 aromatic rings. The standard InChI is InChI=1S/C35H44N2O3/c1-6-19-37(24-26(2)3)20-18-34(30-12-9-13-32(22-30)39-4)23-31(16-17-35(34,25-37)40-5)36-33(38)29-15-14-27-10-7-8-11-28(27)21-29/h6-15,21-22,26,31H,1,16-20,23-25H2,2-5H3/p+1/t31-,34+,35?,37-/m0/s1. The molecular formula is C35H45N2O3+. The average Bonchev–Trinajstić information content (AvgIpc) is 2.96. The SMILES string of the molecule is C=CC[N@@+]1(CC(C)C)CC[C@]2(c3cccc(OC)c3)C[C@@H](NC(=O)c3ccc4ccccc4c3)CCC2(OC)C1. The number of hydrogen-bond donors (Lipinski definition) is 1. The molecule has 1 aliphatic carbocycles. The molecule has 0 aromatic heterocycles. The van der Waals surface area contributed by atoms with Gasteiger partial charge in [-0.15, -0.1) is 0 Å². The summed E-state index contributed by atoms with van der Waals surface area (Å²) in [6, 6.07) is 22.7. The lowest BCUT2D eigenvalue weighted by molar-refractivity contribution is -0.938. The molecule has 3 aromatic carbocycles. The molecule has 0 radical (unpaired) electrons. The molecule has 40 heavy (non-hydrogen) atoms. The molecule has 0 bridgehead atoms. The van der Waals surface area contributed by atoms with Crippen LogP contribution in [0.1, 0.15) is 55.5 Å². The third-order valence-electron chi connectivity index (χ3n) is 9.60. The molecule has 4 atom stereocenters. The molecule has 5 nitrogen and oxygen atoms in total. The van der Waals surface area contributed by atoms with Crippen molar-refractivity contribution in [1.82, 2.24) is 5.32 Å². The Balaban J connectivity index is 1.50. The number of nitrogens with one attached hydrogen (secondary N) is 1. The predicted molar refractivity (Wildman–Crippen MR) is 163 cm³/mol. The van der Waals surface area contributed by atoms with Crippen LogP contribution < -0.4 is 10.1 Å². The lowest BCUT2D eigenvalue weighted by atomic mass is 9.54. The number of piperidine rings is 1. The summed E-state index contributed by atoms with van der Waals surface area (Å²) in [5.74, 6) is 1.43. The van der Waals surface area contributed by atoms with Crippen molar-refractivity contribution in [1.29, 1.82) is 0 Å². The molecule has 0 spiro atoms. The zero-order valence-electron chi connectivity index (χ0n) is 24.6. The van der Waals surface area contributed by atoms with Gasteiger partial charge in [-0.25, -0.2) is 0 Å². The first-order valence-corrected chi connectivity index (χ1v) is 14.7. The van der Waals surface area contributed by atoms with Crippen LogP contribution in [0.25, 0.3) is 10.8 Å². The van der Waals surface area contributed by atoms with E-state index in [0.29, 0.717) is 11.5 Å². The zero-order valence-corrected chi connectivity index (χ0v) is 24.6. The molecule has 5 heteroatoms. The van der Waals surface area contributed by atoms with Crippen LogP contribution in [0, 0.1) is 5.92 Å². The predicted octanol–water partition coefficient (Wildman–Crippen LogP) is 6.52. The molecule has 5 rings (SSSR count). The number of likely N-dealkylation sites (tertiary alicyclic amines) is 1. The third-order valence-corrected chi connectivity index (χ3v) is 9.60. The summed E-state index contributed by atoms with van der Waals surface area (Å²) in [7, 11) is 3.62. The minimum atomic E-state index is -0.348. The van der Waals surface area contributed by atoms with E-state index in [4.69, 9.17) is 9.47 Å². The van der Waals surface area contributed by atoms with E-state index in [2.05, 4.69) is 62.2 Å². The van der Waals surface area contributed by atoms with E-state index in [9.17, 15) is 4.79 Å². The summed E-state index contributed by atoms with van der Waals surface area (Å²) < 4.78 is 13.4. The Bertz CT molecular complexity index is 1370. The van der Waals surface area contributed by atoms with Crippen LogP contribution in [0.3, 0.4) is 0 Å². The highest BCUT2D eigenvalue weighted by atomic mass is 16.5. The van der Waals surface area contributed by atoms with E-state index >= 15 is 0 Å². The smallest absolute Gasteiger partial charge is 0.251 e. The van der Waals surface area contributed by atoms with Crippen molar-refractivity contribution in [3.8, 4) is 5.75 Å². The lowest BCUT2D eigenvalue weighted by Gasteiger charge is -2.62. The van der Waals surface area contributed by atoms with Gasteiger partial charge in [-0.3, -0.25) is 4.79 Å². The fourth-order valence-electron chi connectivity index (χ4n) is 7.93. The van der Waals surface area contributed by atoms with Crippen molar-refractivity contribution in [3.05, 3.63) is 90.5 Å². The van der Waals surface area contributed by atoms with E-state index in [1.807, 2.05) is 43.5 Å². The van der Waals surface area contributed by atoms with Crippen molar-refractivity contribution in [3.63, 3.8) is 0 Å². The minimum Gasteiger partial charge on any atom is -0.497 e. The maximum absolute atomic E-state index is 13.5. The molecular weight excluding hydrogens is 496 g/mol. The largest absolute Gasteiger partial charge is 0.497 e. The molecule has 1 aliphatic heterocycles. The Kier molecular flexibility index (Phi) is 8.08. The van der Waals surface area contributed by atoms with Gasteiger partial charge in [0.25, 0.3) is 5.91 Å². The summed E-state index contributed by atoms with van der Waals surface area (Å²) in [6.07, 6.45) is 5.67. The second kappa shape index (κ2) is 11.4. The van der Waals surface area contributed by atoms with Crippen molar-refractivity contribution in [2.75, 3.05) is 40.4 Å². The van der Waals surface area contributed by atoms with Gasteiger partial charge in [0.2, 0.25) is 0 Å². The van der Waals surface area contributed by atoms with Gasteiger partial charge in [-0.05, 0) is 65.9 Å². The number of rotatable bonds is 9. The number of carbonyl (C=O) groups excluding carboxylic acids is 1. The van der Waals surface area contributed by atoms with Gasteiger partial charge in [0.1, 0.15) is 17.9 Å². The number of amides is 1. The fraction of sp³-hybridized carbons (Fsp3) is 0.457. The quantitative estimate of drug-likeness (QED) is 0.248. The first kappa shape index (κ1) is 28.4. The number of methoxy groups -OCH3 is 2. The van der Waals surface area contributed by atoms with Gasteiger partial charge < -0.3 is 19.3 Å². The Morgan fingerprint density at radius 3 is 2.60 bits per heavy atom. The number of ether oxygens (including phenoxy) is 2. The van der Waals surface area contributed by atoms with Crippen LogP contribution in [0.4, 0.5) is 0 Å². The second-order valence-corrected chi connectivity index (χ2v) is 12.5. The Morgan fingerprint density at radius 2 is 1.88 bits per heavy atom. The number of nitrogens with zero attached hydrogens (tertiary/aromatic N) is 1. The van der Waals surface area contributed by atoms with Crippen molar-refractivity contribution in [2.24, 2.45) is 5.92 Å². The summed E-state index contributed by atoms with van der Waals surface area (Å²) in [5, 5.41) is 5.65. The summed E-state index contributed by atoms with van der Waals surface area (Å²) >= 11 is 0. The van der Waals surface area contributed by atoms with E-state index in [-0.39, 0.29) is 23.0 Å². The monoisotopic (exact) mass is 541 g/mol. The molecule has 1 heterocycles. The van der Waals surface area contributed by atoms with Crippen molar-refractivity contribution >= 4 is 16.7 Å². The van der Waals surface area contributed by atoms with Crippen LogP contribution in [-0.2, 0) is 10.2 Å². The average molecular weight is 542 g/mol. The van der Waals surface area contributed by atoms with E-state index in [0.717, 1.165) is 72.9 Å². The first-order valence-electron chi connectivity index (χ1n) is 14.7. The molecule has 1 saturated heterocycles. The van der Waals surface area contributed by atoms with Crippen LogP contribution in [0.15, 0.2) is 79.4 Å². The van der Waals surface area contributed by atoms with E-state index in [1.165, 1.54) is 5.56 Å². The molecule has 1 unspecified atom stereocenters. The maximum Gasteiger partial charge on any atom is 0.251 e. The summed E-state index contributed by atoms with van der Waals surface area (Å²) in [4.78, 5) is 13.5. The third kappa shape index (κ3) is 5.17. The Labute approximate surface area is 239 Å². The molecule has 2 aliphatic rings. The summed E-state index contributed by atoms with van der Waals surface area (Å²) in [5.41, 5.74) is 1.37. The maximum atomic E-state index is 13.5. The fourth-order valence-corrected chi connectivity index (χ4v) is 7.93. The van der Waals surface area contributed by atoms with Crippen LogP contribution in [0.2, 0.25) is 0 Å². The number of carbonyl (C=O) groups is 1. The number of quaternary nitrogens is 1. The minimum absolute atomic E-state index is 0.00568. The Hall–Kier alpha value is -3.15. The second-order valence-electron chi connectivity index (χ2n) is 12.5. The van der Waals surface area contributed by atoms with Crippen molar-refractivity contribution in [2.45, 2.75) is 56.6 Å². The highest BCUT2D eigenvalue weighted by Crippen LogP contribution is 2.55. The Morgan fingerprint density at radius 1 is 1.07 bits per heavy atom. The zero-order chi connectivity index (χ0) is 28.4. The first-order chi connectivity index (χ1) is 19.3. The molecule has 1 N–H and O–H groups in total. The highest BCUT2D eigenvalue weighted by Gasteiger charge is 2.63. The molecule has 1 amide bonds. The number of hydrogen-bond acceptors (Lipinski definition) is 3. The number of fused-ring (bicyclic) bond motifs is 2. The highest BCUT2D eigenvalue weighted by molar-refractivity contribution is 5.98. The summed E-state index contributed by atoms with van der Waals surface area (Å²) in [6.45, 7) is 12.8. The van der Waals surface area contributed by atoms with Gasteiger partial charge in [0, 0.05) is 36.5 Å². The van der Waals surface area contributed by atoms with Gasteiger partial charge >= 0.3 is 0 Å². The molecule has 1 saturated carbocycles. The van der Waals surface area contributed by atoms with Gasteiger partial charge in [-0.1, -0.05) is 62.9 Å². The van der Waals surface area contributed by atoms with Crippen LogP contribution in [-0.4, -0.2) is 62.4 Å². The van der Waals surface area contributed by atoms with Crippen LogP contribution in [0.5, 0.6) is 5.75 Å². The van der Waals surface area contributed by atoms with Crippen LogP contribution >= 0.6 is 0 Å². The normalized spacial score (nSPS) is 28.2. The van der Waals surface area contributed by atoms with Gasteiger partial charge in [-0.2, -0.15) is 0 Å². The van der Waals surface area contributed by atoms with Gasteiger partial charge in [0.05, 0.1) is 26.7 Å². The van der Waals surface area contributed by atoms with E-state index < -0.39 is 0 Å². The molecule has 212 valence electrons. The van der Waals surface area contributed by atoms with Gasteiger partial charge in [0.15, 0.2) is 0 Å². The molecule has 2 fully saturated rings. The van der Waals surface area contributed by atoms with E-state index in [1.54, 1.807) is 7.11 Å².